The van der Waals surface area contributed by atoms with E-state index in [0.29, 0.717) is 25.7 Å². The average Bonchev–Trinajstić information content (AvgIpc) is 2.76. The number of rotatable bonds is 6. The Kier molecular flexibility index (Phi) is 6.04. The predicted molar refractivity (Wildman–Crippen MR) is 110 cm³/mol. The zero-order valence-corrected chi connectivity index (χ0v) is 15.9. The maximum atomic E-state index is 12.5. The lowest BCUT2D eigenvalue weighted by Crippen LogP contribution is -2.41. The molecule has 0 unspecified atom stereocenters. The Balaban J connectivity index is 1.56. The van der Waals surface area contributed by atoms with E-state index in [1.165, 1.54) is 0 Å². The van der Waals surface area contributed by atoms with E-state index in [0.717, 1.165) is 30.2 Å². The summed E-state index contributed by atoms with van der Waals surface area (Å²) < 4.78 is 5.33. The van der Waals surface area contributed by atoms with Gasteiger partial charge in [-0.1, -0.05) is 6.07 Å². The number of morpholine rings is 1. The van der Waals surface area contributed by atoms with Gasteiger partial charge < -0.3 is 10.1 Å². The van der Waals surface area contributed by atoms with E-state index in [1.807, 2.05) is 41.3 Å². The summed E-state index contributed by atoms with van der Waals surface area (Å²) in [5.41, 5.74) is 2.44. The highest BCUT2D eigenvalue weighted by Crippen LogP contribution is 2.32. The van der Waals surface area contributed by atoms with Crippen molar-refractivity contribution >= 4 is 28.9 Å². The Morgan fingerprint density at radius 1 is 1.00 bits per heavy atom. The zero-order chi connectivity index (χ0) is 19.9. The second-order valence-electron chi connectivity index (χ2n) is 6.58. The molecule has 3 heterocycles. The van der Waals surface area contributed by atoms with Crippen LogP contribution in [0.25, 0.3) is 0 Å². The second-order valence-corrected chi connectivity index (χ2v) is 6.58. The first-order valence-electron chi connectivity index (χ1n) is 9.47. The first-order valence-corrected chi connectivity index (χ1v) is 9.47. The molecule has 3 aromatic rings. The molecule has 2 aromatic heterocycles. The number of amides is 1. The van der Waals surface area contributed by atoms with Crippen molar-refractivity contribution in [3.63, 3.8) is 0 Å². The molecule has 8 nitrogen and oxygen atoms in total. The number of carbonyl (C=O) groups is 1. The summed E-state index contributed by atoms with van der Waals surface area (Å²) in [6.07, 6.45) is 6.84. The fourth-order valence-electron chi connectivity index (χ4n) is 3.17. The van der Waals surface area contributed by atoms with E-state index in [4.69, 9.17) is 4.74 Å². The molecule has 0 radical (unpaired) electrons. The van der Waals surface area contributed by atoms with Gasteiger partial charge >= 0.3 is 0 Å². The molecule has 1 aliphatic rings. The monoisotopic (exact) mass is 390 g/mol. The van der Waals surface area contributed by atoms with Crippen LogP contribution in [0.2, 0.25) is 0 Å². The predicted octanol–water partition coefficient (Wildman–Crippen LogP) is 2.61. The summed E-state index contributed by atoms with van der Waals surface area (Å²) in [4.78, 5) is 29.3. The minimum absolute atomic E-state index is 0.0459. The summed E-state index contributed by atoms with van der Waals surface area (Å²) in [5.74, 6) is 0.492. The van der Waals surface area contributed by atoms with Gasteiger partial charge in [0, 0.05) is 43.6 Å². The smallest absolute Gasteiger partial charge is 0.238 e. The Hall–Kier alpha value is -3.36. The number of pyridine rings is 1. The van der Waals surface area contributed by atoms with Gasteiger partial charge in [0.05, 0.1) is 31.1 Å². The van der Waals surface area contributed by atoms with Crippen LogP contribution in [0.5, 0.6) is 0 Å². The van der Waals surface area contributed by atoms with Crippen LogP contribution >= 0.6 is 0 Å². The van der Waals surface area contributed by atoms with Crippen molar-refractivity contribution in [3.05, 3.63) is 67.3 Å². The molecule has 0 spiro atoms. The first-order chi connectivity index (χ1) is 14.3. The van der Waals surface area contributed by atoms with E-state index in [2.05, 4.69) is 25.2 Å². The molecule has 1 fully saturated rings. The molecule has 1 saturated heterocycles. The molecule has 1 amide bonds. The van der Waals surface area contributed by atoms with Gasteiger partial charge in [0.25, 0.3) is 0 Å². The van der Waals surface area contributed by atoms with Crippen molar-refractivity contribution in [2.24, 2.45) is 0 Å². The van der Waals surface area contributed by atoms with Crippen LogP contribution < -0.4 is 10.2 Å². The summed E-state index contributed by atoms with van der Waals surface area (Å²) in [5, 5.41) is 2.99. The lowest BCUT2D eigenvalue weighted by atomic mass is 10.2. The largest absolute Gasteiger partial charge is 0.379 e. The Morgan fingerprint density at radius 3 is 2.52 bits per heavy atom. The molecule has 148 valence electrons. The quantitative estimate of drug-likeness (QED) is 0.693. The fourth-order valence-corrected chi connectivity index (χ4v) is 3.17. The Bertz CT molecular complexity index is 893. The number of ether oxygens (including phenoxy) is 1. The van der Waals surface area contributed by atoms with Crippen LogP contribution in [0.4, 0.5) is 23.0 Å². The number of nitrogens with one attached hydrogen (secondary N) is 1. The highest BCUT2D eigenvalue weighted by molar-refractivity contribution is 5.93. The van der Waals surface area contributed by atoms with Gasteiger partial charge in [-0.2, -0.15) is 0 Å². The summed E-state index contributed by atoms with van der Waals surface area (Å²) in [6, 6.07) is 13.2. The van der Waals surface area contributed by atoms with Gasteiger partial charge in [-0.15, -0.1) is 0 Å². The Morgan fingerprint density at radius 2 is 1.76 bits per heavy atom. The maximum Gasteiger partial charge on any atom is 0.238 e. The van der Waals surface area contributed by atoms with Crippen LogP contribution in [0.15, 0.2) is 67.3 Å². The minimum Gasteiger partial charge on any atom is -0.379 e. The summed E-state index contributed by atoms with van der Waals surface area (Å²) >= 11 is 0. The summed E-state index contributed by atoms with van der Waals surface area (Å²) in [7, 11) is 0. The van der Waals surface area contributed by atoms with Crippen LogP contribution in [-0.4, -0.2) is 58.6 Å². The van der Waals surface area contributed by atoms with Gasteiger partial charge in [-0.3, -0.25) is 19.6 Å². The van der Waals surface area contributed by atoms with Gasteiger partial charge in [0.1, 0.15) is 0 Å². The zero-order valence-electron chi connectivity index (χ0n) is 15.9. The Labute approximate surface area is 169 Å². The van der Waals surface area contributed by atoms with Crippen molar-refractivity contribution in [3.8, 4) is 0 Å². The van der Waals surface area contributed by atoms with Crippen LogP contribution in [0.3, 0.4) is 0 Å². The molecule has 0 saturated carbocycles. The highest BCUT2D eigenvalue weighted by atomic mass is 16.5. The minimum atomic E-state index is -0.0459. The molecule has 1 aromatic carbocycles. The number of carbonyl (C=O) groups excluding carboxylic acids is 1. The summed E-state index contributed by atoms with van der Waals surface area (Å²) in [6.45, 7) is 3.23. The maximum absolute atomic E-state index is 12.5. The molecule has 4 rings (SSSR count). The number of benzene rings is 1. The van der Waals surface area contributed by atoms with Crippen molar-refractivity contribution in [1.29, 1.82) is 0 Å². The van der Waals surface area contributed by atoms with Crippen molar-refractivity contribution in [2.75, 3.05) is 43.1 Å². The third-order valence-electron chi connectivity index (χ3n) is 4.53. The number of anilines is 4. The van der Waals surface area contributed by atoms with E-state index in [9.17, 15) is 4.79 Å². The highest BCUT2D eigenvalue weighted by Gasteiger charge is 2.17. The van der Waals surface area contributed by atoms with Crippen molar-refractivity contribution < 1.29 is 9.53 Å². The van der Waals surface area contributed by atoms with Crippen molar-refractivity contribution in [1.82, 2.24) is 19.9 Å². The third-order valence-corrected chi connectivity index (χ3v) is 4.53. The van der Waals surface area contributed by atoms with Gasteiger partial charge in [-0.05, 0) is 36.4 Å². The molecule has 29 heavy (non-hydrogen) atoms. The van der Waals surface area contributed by atoms with Gasteiger partial charge in [0.2, 0.25) is 11.9 Å². The number of hydrogen-bond donors (Lipinski definition) is 1. The van der Waals surface area contributed by atoms with Gasteiger partial charge in [-0.25, -0.2) is 9.97 Å². The molecule has 8 heteroatoms. The second kappa shape index (κ2) is 9.22. The molecular formula is C21H22N6O2. The van der Waals surface area contributed by atoms with Crippen LogP contribution in [0.1, 0.15) is 0 Å². The average molecular weight is 390 g/mol. The lowest BCUT2D eigenvalue weighted by molar-refractivity contribution is -0.118. The lowest BCUT2D eigenvalue weighted by Gasteiger charge is -2.26. The van der Waals surface area contributed by atoms with Crippen molar-refractivity contribution in [2.45, 2.75) is 0 Å². The number of hydrogen-bond acceptors (Lipinski definition) is 7. The SMILES string of the molecule is O=C(CN1CCOCC1)Nc1cccc(N(c2ccncc2)c2ncccn2)c1. The van der Waals surface area contributed by atoms with E-state index in [1.54, 1.807) is 30.9 Å². The first kappa shape index (κ1) is 19.0. The standard InChI is InChI=1S/C21H22N6O2/c28-20(16-26-11-13-29-14-12-26)25-17-3-1-4-19(15-17)27(18-5-9-22-10-6-18)21-23-7-2-8-24-21/h1-10,15H,11-14,16H2,(H,25,28). The molecule has 1 aliphatic heterocycles. The topological polar surface area (TPSA) is 83.5 Å². The van der Waals surface area contributed by atoms with Crippen LogP contribution in [0, 0.1) is 0 Å². The molecular weight excluding hydrogens is 368 g/mol. The molecule has 0 atom stereocenters. The molecule has 0 aliphatic carbocycles. The molecule has 1 N–H and O–H groups in total. The number of aromatic nitrogens is 3. The van der Waals surface area contributed by atoms with Crippen LogP contribution in [-0.2, 0) is 9.53 Å². The number of nitrogens with zero attached hydrogens (tertiary/aromatic N) is 5. The fraction of sp³-hybridized carbons (Fsp3) is 0.238. The van der Waals surface area contributed by atoms with E-state index in [-0.39, 0.29) is 5.91 Å². The van der Waals surface area contributed by atoms with E-state index >= 15 is 0 Å². The van der Waals surface area contributed by atoms with Gasteiger partial charge in [0.15, 0.2) is 0 Å². The molecule has 0 bridgehead atoms. The third kappa shape index (κ3) is 4.92. The normalized spacial score (nSPS) is 14.3. The van der Waals surface area contributed by atoms with E-state index < -0.39 is 0 Å².